The van der Waals surface area contributed by atoms with Gasteiger partial charge in [0.1, 0.15) is 0 Å². The Kier molecular flexibility index (Phi) is 4.60. The molecule has 0 heterocycles. The predicted molar refractivity (Wildman–Crippen MR) is 76.0 cm³/mol. The molecule has 1 aromatic rings. The molecule has 0 aromatic heterocycles. The molecule has 1 unspecified atom stereocenters. The topological polar surface area (TPSA) is 29.3 Å². The molecule has 2 N–H and O–H groups in total. The van der Waals surface area contributed by atoms with Crippen molar-refractivity contribution in [1.82, 2.24) is 4.90 Å². The van der Waals surface area contributed by atoms with E-state index in [0.717, 1.165) is 4.47 Å². The maximum absolute atomic E-state index is 5.96. The highest BCUT2D eigenvalue weighted by Gasteiger charge is 2.25. The molecule has 0 saturated heterocycles. The van der Waals surface area contributed by atoms with Gasteiger partial charge >= 0.3 is 0 Å². The fourth-order valence-corrected chi connectivity index (χ4v) is 3.05. The van der Waals surface area contributed by atoms with E-state index in [0.29, 0.717) is 18.6 Å². The van der Waals surface area contributed by atoms with E-state index < -0.39 is 0 Å². The molecule has 2 nitrogen and oxygen atoms in total. The van der Waals surface area contributed by atoms with Crippen LogP contribution >= 0.6 is 15.9 Å². The molecule has 17 heavy (non-hydrogen) atoms. The molecular weight excluding hydrogens is 276 g/mol. The quantitative estimate of drug-likeness (QED) is 0.923. The summed E-state index contributed by atoms with van der Waals surface area (Å²) in [5.41, 5.74) is 7.28. The molecule has 1 aliphatic rings. The van der Waals surface area contributed by atoms with Crippen molar-refractivity contribution in [1.29, 1.82) is 0 Å². The molecule has 0 spiro atoms. The number of hydrogen-bond donors (Lipinski definition) is 1. The zero-order valence-electron chi connectivity index (χ0n) is 10.4. The summed E-state index contributed by atoms with van der Waals surface area (Å²) in [6, 6.07) is 9.61. The van der Waals surface area contributed by atoms with Gasteiger partial charge in [-0.3, -0.25) is 4.90 Å². The lowest BCUT2D eigenvalue weighted by atomic mass is 10.0. The molecule has 2 rings (SSSR count). The van der Waals surface area contributed by atoms with Gasteiger partial charge in [-0.2, -0.15) is 0 Å². The largest absolute Gasteiger partial charge is 0.329 e. The van der Waals surface area contributed by atoms with Crippen molar-refractivity contribution in [2.75, 3.05) is 13.6 Å². The van der Waals surface area contributed by atoms with Crippen LogP contribution < -0.4 is 5.73 Å². The Labute approximate surface area is 112 Å². The number of nitrogens with zero attached hydrogens (tertiary/aromatic N) is 1. The van der Waals surface area contributed by atoms with E-state index in [1.807, 2.05) is 0 Å². The Hall–Kier alpha value is -0.380. The normalized spacial score (nSPS) is 18.8. The fraction of sp³-hybridized carbons (Fsp3) is 0.571. The van der Waals surface area contributed by atoms with Gasteiger partial charge in [-0.15, -0.1) is 0 Å². The fourth-order valence-electron chi connectivity index (χ4n) is 2.79. The first-order valence-corrected chi connectivity index (χ1v) is 7.19. The van der Waals surface area contributed by atoms with Crippen LogP contribution in [0.25, 0.3) is 0 Å². The zero-order chi connectivity index (χ0) is 12.3. The molecule has 1 aromatic carbocycles. The van der Waals surface area contributed by atoms with Gasteiger partial charge < -0.3 is 5.73 Å². The third kappa shape index (κ3) is 3.09. The van der Waals surface area contributed by atoms with Gasteiger partial charge in [0, 0.05) is 23.1 Å². The van der Waals surface area contributed by atoms with Gasteiger partial charge in [-0.05, 0) is 37.6 Å². The molecular formula is C14H21BrN2. The second-order valence-corrected chi connectivity index (χ2v) is 5.82. The van der Waals surface area contributed by atoms with Crippen molar-refractivity contribution >= 4 is 15.9 Å². The molecule has 0 amide bonds. The van der Waals surface area contributed by atoms with Crippen LogP contribution in [0.5, 0.6) is 0 Å². The SMILES string of the molecule is CN(C1CCCC1)C(CN)c1ccc(Br)cc1. The highest BCUT2D eigenvalue weighted by molar-refractivity contribution is 9.10. The summed E-state index contributed by atoms with van der Waals surface area (Å²) in [6.45, 7) is 0.689. The van der Waals surface area contributed by atoms with E-state index in [2.05, 4.69) is 52.1 Å². The standard InChI is InChI=1S/C14H21BrN2/c1-17(13-4-2-3-5-13)14(10-16)11-6-8-12(15)9-7-11/h6-9,13-14H,2-5,10,16H2,1H3. The number of hydrogen-bond acceptors (Lipinski definition) is 2. The Balaban J connectivity index is 2.11. The van der Waals surface area contributed by atoms with Crippen LogP contribution in [0.1, 0.15) is 37.3 Å². The summed E-state index contributed by atoms with van der Waals surface area (Å²) in [4.78, 5) is 2.47. The molecule has 0 aliphatic heterocycles. The van der Waals surface area contributed by atoms with E-state index >= 15 is 0 Å². The molecule has 0 radical (unpaired) electrons. The smallest absolute Gasteiger partial charge is 0.0470 e. The number of halogens is 1. The first-order valence-electron chi connectivity index (χ1n) is 6.40. The Morgan fingerprint density at radius 1 is 1.29 bits per heavy atom. The number of likely N-dealkylation sites (N-methyl/N-ethyl adjacent to an activating group) is 1. The second kappa shape index (κ2) is 5.98. The van der Waals surface area contributed by atoms with Gasteiger partial charge in [0.05, 0.1) is 0 Å². The molecule has 3 heteroatoms. The first-order chi connectivity index (χ1) is 8.22. The van der Waals surface area contributed by atoms with Crippen LogP contribution in [0.15, 0.2) is 28.7 Å². The van der Waals surface area contributed by atoms with E-state index in [1.165, 1.54) is 31.2 Å². The van der Waals surface area contributed by atoms with Crippen molar-refractivity contribution in [3.05, 3.63) is 34.3 Å². The van der Waals surface area contributed by atoms with E-state index in [-0.39, 0.29) is 0 Å². The van der Waals surface area contributed by atoms with Gasteiger partial charge in [-0.1, -0.05) is 40.9 Å². The van der Waals surface area contributed by atoms with Crippen molar-refractivity contribution in [2.24, 2.45) is 5.73 Å². The number of rotatable bonds is 4. The summed E-state index contributed by atoms with van der Waals surface area (Å²) >= 11 is 3.47. The van der Waals surface area contributed by atoms with Gasteiger partial charge in [0.2, 0.25) is 0 Å². The van der Waals surface area contributed by atoms with Gasteiger partial charge in [0.25, 0.3) is 0 Å². The van der Waals surface area contributed by atoms with Crippen molar-refractivity contribution in [2.45, 2.75) is 37.8 Å². The van der Waals surface area contributed by atoms with Crippen molar-refractivity contribution in [3.8, 4) is 0 Å². The summed E-state index contributed by atoms with van der Waals surface area (Å²) in [5.74, 6) is 0. The Morgan fingerprint density at radius 3 is 2.41 bits per heavy atom. The highest BCUT2D eigenvalue weighted by atomic mass is 79.9. The lowest BCUT2D eigenvalue weighted by Crippen LogP contribution is -2.37. The van der Waals surface area contributed by atoms with Crippen LogP contribution in [0.2, 0.25) is 0 Å². The third-order valence-electron chi connectivity index (χ3n) is 3.87. The van der Waals surface area contributed by atoms with Crippen LogP contribution in [0.4, 0.5) is 0 Å². The number of nitrogens with two attached hydrogens (primary N) is 1. The zero-order valence-corrected chi connectivity index (χ0v) is 12.0. The summed E-state index contributed by atoms with van der Waals surface area (Å²) in [7, 11) is 2.22. The van der Waals surface area contributed by atoms with Crippen LogP contribution in [0.3, 0.4) is 0 Å². The molecule has 1 aliphatic carbocycles. The predicted octanol–water partition coefficient (Wildman–Crippen LogP) is 3.32. The highest BCUT2D eigenvalue weighted by Crippen LogP contribution is 2.29. The number of benzene rings is 1. The average molecular weight is 297 g/mol. The molecule has 94 valence electrons. The lowest BCUT2D eigenvalue weighted by molar-refractivity contribution is 0.179. The van der Waals surface area contributed by atoms with Crippen LogP contribution in [0, 0.1) is 0 Å². The van der Waals surface area contributed by atoms with Crippen molar-refractivity contribution < 1.29 is 0 Å². The summed E-state index contributed by atoms with van der Waals surface area (Å²) in [5, 5.41) is 0. The minimum atomic E-state index is 0.353. The minimum absolute atomic E-state index is 0.353. The van der Waals surface area contributed by atoms with Crippen molar-refractivity contribution in [3.63, 3.8) is 0 Å². The minimum Gasteiger partial charge on any atom is -0.329 e. The van der Waals surface area contributed by atoms with Crippen LogP contribution in [-0.2, 0) is 0 Å². The molecule has 1 atom stereocenters. The van der Waals surface area contributed by atoms with E-state index in [4.69, 9.17) is 5.73 Å². The maximum Gasteiger partial charge on any atom is 0.0470 e. The maximum atomic E-state index is 5.96. The van der Waals surface area contributed by atoms with Crippen LogP contribution in [-0.4, -0.2) is 24.5 Å². The average Bonchev–Trinajstić information content (AvgIpc) is 2.86. The van der Waals surface area contributed by atoms with E-state index in [1.54, 1.807) is 0 Å². The monoisotopic (exact) mass is 296 g/mol. The Bertz CT molecular complexity index is 344. The molecule has 1 saturated carbocycles. The third-order valence-corrected chi connectivity index (χ3v) is 4.40. The molecule has 0 bridgehead atoms. The molecule has 1 fully saturated rings. The lowest BCUT2D eigenvalue weighted by Gasteiger charge is -2.32. The summed E-state index contributed by atoms with van der Waals surface area (Å²) in [6.07, 6.45) is 5.38. The van der Waals surface area contributed by atoms with E-state index in [9.17, 15) is 0 Å². The Morgan fingerprint density at radius 2 is 1.88 bits per heavy atom. The van der Waals surface area contributed by atoms with Gasteiger partial charge in [0.15, 0.2) is 0 Å². The second-order valence-electron chi connectivity index (χ2n) is 4.91. The summed E-state index contributed by atoms with van der Waals surface area (Å²) < 4.78 is 1.13. The van der Waals surface area contributed by atoms with Gasteiger partial charge in [-0.25, -0.2) is 0 Å². The first kappa shape index (κ1) is 13.1.